The van der Waals surface area contributed by atoms with Crippen molar-refractivity contribution in [3.63, 3.8) is 0 Å². The van der Waals surface area contributed by atoms with E-state index in [0.29, 0.717) is 0 Å². The predicted molar refractivity (Wildman–Crippen MR) is 54.6 cm³/mol. The van der Waals surface area contributed by atoms with Gasteiger partial charge in [-0.25, -0.2) is 0 Å². The molecule has 0 spiro atoms. The molecular weight excluding hydrogens is 143 g/mol. The van der Waals surface area contributed by atoms with Crippen molar-refractivity contribution in [2.75, 3.05) is 0 Å². The van der Waals surface area contributed by atoms with Crippen molar-refractivity contribution >= 4 is 7.28 Å². The second-order valence-electron chi connectivity index (χ2n) is 4.99. The number of fused-ring (bicyclic) bond motifs is 3. The summed E-state index contributed by atoms with van der Waals surface area (Å²) in [6.45, 7) is 2.45. The standard InChI is InChI=1S/C11H20B/c1-9-2-3-10-4-5-11(6-9)8-12-7-10/h9-11H,2-8H2,1H3. The van der Waals surface area contributed by atoms with Gasteiger partial charge in [0.05, 0.1) is 0 Å². The van der Waals surface area contributed by atoms with Gasteiger partial charge in [-0.05, 0) is 24.2 Å². The Balaban J connectivity index is 2.00. The van der Waals surface area contributed by atoms with E-state index in [4.69, 9.17) is 0 Å². The maximum Gasteiger partial charge on any atom is 0.110 e. The molecule has 12 heavy (non-hydrogen) atoms. The van der Waals surface area contributed by atoms with Gasteiger partial charge in [-0.2, -0.15) is 0 Å². The van der Waals surface area contributed by atoms with Gasteiger partial charge in [-0.15, -0.1) is 0 Å². The summed E-state index contributed by atoms with van der Waals surface area (Å²) in [4.78, 5) is 0. The molecule has 2 bridgehead atoms. The van der Waals surface area contributed by atoms with Crippen LogP contribution in [0.5, 0.6) is 0 Å². The van der Waals surface area contributed by atoms with Gasteiger partial charge in [0.2, 0.25) is 0 Å². The van der Waals surface area contributed by atoms with Crippen LogP contribution < -0.4 is 0 Å². The third-order valence-corrected chi connectivity index (χ3v) is 3.79. The predicted octanol–water partition coefficient (Wildman–Crippen LogP) is 3.37. The Morgan fingerprint density at radius 2 is 1.58 bits per heavy atom. The van der Waals surface area contributed by atoms with Gasteiger partial charge in [0.15, 0.2) is 0 Å². The fourth-order valence-electron chi connectivity index (χ4n) is 2.96. The molecule has 1 radical (unpaired) electrons. The smallest absolute Gasteiger partial charge is 0.0775 e. The fraction of sp³-hybridized carbons (Fsp3) is 1.00. The molecule has 0 nitrogen and oxygen atoms in total. The quantitative estimate of drug-likeness (QED) is 0.480. The van der Waals surface area contributed by atoms with Crippen LogP contribution in [0, 0.1) is 17.8 Å². The lowest BCUT2D eigenvalue weighted by Crippen LogP contribution is -2.10. The minimum Gasteiger partial charge on any atom is -0.0775 e. The lowest BCUT2D eigenvalue weighted by molar-refractivity contribution is 0.296. The molecule has 2 rings (SSSR count). The molecule has 1 heteroatoms. The number of hydrogen-bond donors (Lipinski definition) is 0. The Bertz CT molecular complexity index is 144. The largest absolute Gasteiger partial charge is 0.110 e. The zero-order chi connectivity index (χ0) is 8.39. The third-order valence-electron chi connectivity index (χ3n) is 3.79. The van der Waals surface area contributed by atoms with E-state index in [1.807, 2.05) is 0 Å². The first kappa shape index (κ1) is 8.65. The molecular formula is C11H20B. The average molecular weight is 163 g/mol. The molecule has 1 saturated carbocycles. The van der Waals surface area contributed by atoms with Gasteiger partial charge in [-0.1, -0.05) is 45.2 Å². The first-order chi connectivity index (χ1) is 5.84. The van der Waals surface area contributed by atoms with Crippen LogP contribution in [0.15, 0.2) is 0 Å². The molecule has 3 unspecified atom stereocenters. The summed E-state index contributed by atoms with van der Waals surface area (Å²) < 4.78 is 0. The van der Waals surface area contributed by atoms with Gasteiger partial charge in [0, 0.05) is 0 Å². The van der Waals surface area contributed by atoms with Gasteiger partial charge < -0.3 is 0 Å². The van der Waals surface area contributed by atoms with Crippen LogP contribution in [0.4, 0.5) is 0 Å². The van der Waals surface area contributed by atoms with E-state index in [1.165, 1.54) is 44.7 Å². The third kappa shape index (κ3) is 2.05. The van der Waals surface area contributed by atoms with Crippen molar-refractivity contribution in [2.24, 2.45) is 17.8 Å². The monoisotopic (exact) mass is 163 g/mol. The number of hydrogen-bond acceptors (Lipinski definition) is 0. The normalized spacial score (nSPS) is 42.6. The molecule has 0 aromatic rings. The lowest BCUT2D eigenvalue weighted by atomic mass is 9.65. The van der Waals surface area contributed by atoms with Gasteiger partial charge in [-0.3, -0.25) is 0 Å². The second-order valence-corrected chi connectivity index (χ2v) is 4.99. The topological polar surface area (TPSA) is 0 Å². The highest BCUT2D eigenvalue weighted by atomic mass is 14.3. The minimum atomic E-state index is 1.00. The summed E-state index contributed by atoms with van der Waals surface area (Å²) in [6.07, 6.45) is 10.4. The van der Waals surface area contributed by atoms with Crippen molar-refractivity contribution in [3.05, 3.63) is 0 Å². The zero-order valence-electron chi connectivity index (χ0n) is 8.26. The molecule has 2 aliphatic rings. The molecule has 3 atom stereocenters. The first-order valence-electron chi connectivity index (χ1n) is 5.66. The summed E-state index contributed by atoms with van der Waals surface area (Å²) >= 11 is 0. The fourth-order valence-corrected chi connectivity index (χ4v) is 2.96. The van der Waals surface area contributed by atoms with E-state index >= 15 is 0 Å². The van der Waals surface area contributed by atoms with E-state index in [1.54, 1.807) is 0 Å². The Morgan fingerprint density at radius 3 is 2.50 bits per heavy atom. The Hall–Kier alpha value is 0.0649. The summed E-state index contributed by atoms with van der Waals surface area (Å²) in [5, 5.41) is 0. The van der Waals surface area contributed by atoms with E-state index in [0.717, 1.165) is 17.8 Å². The molecule has 1 aliphatic carbocycles. The van der Waals surface area contributed by atoms with Crippen LogP contribution in [0.2, 0.25) is 12.6 Å². The Morgan fingerprint density at radius 1 is 0.917 bits per heavy atom. The van der Waals surface area contributed by atoms with Crippen LogP contribution in [-0.4, -0.2) is 7.28 Å². The van der Waals surface area contributed by atoms with Crippen molar-refractivity contribution in [2.45, 2.75) is 51.7 Å². The highest BCUT2D eigenvalue weighted by Gasteiger charge is 2.24. The van der Waals surface area contributed by atoms with Crippen molar-refractivity contribution in [1.82, 2.24) is 0 Å². The van der Waals surface area contributed by atoms with Crippen LogP contribution in [0.1, 0.15) is 39.0 Å². The molecule has 67 valence electrons. The Labute approximate surface area is 77.4 Å². The molecule has 0 N–H and O–H groups in total. The van der Waals surface area contributed by atoms with Crippen molar-refractivity contribution in [1.29, 1.82) is 0 Å². The molecule has 1 aliphatic heterocycles. The van der Waals surface area contributed by atoms with Crippen LogP contribution in [0.3, 0.4) is 0 Å². The van der Waals surface area contributed by atoms with Crippen LogP contribution in [0.25, 0.3) is 0 Å². The van der Waals surface area contributed by atoms with Crippen LogP contribution >= 0.6 is 0 Å². The van der Waals surface area contributed by atoms with Crippen LogP contribution in [-0.2, 0) is 0 Å². The minimum absolute atomic E-state index is 1.00. The van der Waals surface area contributed by atoms with E-state index < -0.39 is 0 Å². The van der Waals surface area contributed by atoms with Gasteiger partial charge in [0.25, 0.3) is 0 Å². The lowest BCUT2D eigenvalue weighted by Gasteiger charge is -2.24. The van der Waals surface area contributed by atoms with Gasteiger partial charge in [0.1, 0.15) is 7.28 Å². The van der Waals surface area contributed by atoms with Crippen molar-refractivity contribution in [3.8, 4) is 0 Å². The van der Waals surface area contributed by atoms with Crippen molar-refractivity contribution < 1.29 is 0 Å². The summed E-state index contributed by atoms with van der Waals surface area (Å²) in [5.41, 5.74) is 0. The Kier molecular flexibility index (Phi) is 2.78. The molecule has 1 heterocycles. The van der Waals surface area contributed by atoms with E-state index in [-0.39, 0.29) is 0 Å². The van der Waals surface area contributed by atoms with Gasteiger partial charge >= 0.3 is 0 Å². The molecule has 0 aromatic carbocycles. The summed E-state index contributed by atoms with van der Waals surface area (Å²) in [5.74, 6) is 3.10. The molecule has 2 fully saturated rings. The highest BCUT2D eigenvalue weighted by Crippen LogP contribution is 2.36. The molecule has 0 aromatic heterocycles. The van der Waals surface area contributed by atoms with E-state index in [2.05, 4.69) is 14.2 Å². The average Bonchev–Trinajstić information content (AvgIpc) is 2.20. The maximum absolute atomic E-state index is 2.57. The van der Waals surface area contributed by atoms with E-state index in [9.17, 15) is 0 Å². The molecule has 0 amide bonds. The second kappa shape index (κ2) is 3.85. The summed E-state index contributed by atoms with van der Waals surface area (Å²) in [7, 11) is 2.57. The number of rotatable bonds is 0. The first-order valence-corrected chi connectivity index (χ1v) is 5.66. The molecule has 1 saturated heterocycles. The SMILES string of the molecule is CC1CCC2C[B]CC(CC2)C1. The highest BCUT2D eigenvalue weighted by molar-refractivity contribution is 6.35. The maximum atomic E-state index is 2.57. The summed E-state index contributed by atoms with van der Waals surface area (Å²) in [6, 6.07) is 0. The zero-order valence-corrected chi connectivity index (χ0v) is 8.26.